The molecule has 35 heavy (non-hydrogen) atoms. The lowest BCUT2D eigenvalue weighted by atomic mass is 10.1. The van der Waals surface area contributed by atoms with Crippen LogP contribution in [-0.4, -0.2) is 21.4 Å². The first-order valence-electron chi connectivity index (χ1n) is 10.2. The van der Waals surface area contributed by atoms with E-state index in [0.29, 0.717) is 15.4 Å². The molecule has 0 radical (unpaired) electrons. The number of halogens is 4. The van der Waals surface area contributed by atoms with Gasteiger partial charge in [0.2, 0.25) is 5.82 Å². The first kappa shape index (κ1) is 22.1. The third-order valence-electron chi connectivity index (χ3n) is 5.72. The maximum absolute atomic E-state index is 14.5. The highest BCUT2D eigenvalue weighted by atomic mass is 79.9. The van der Waals surface area contributed by atoms with Crippen molar-refractivity contribution in [2.45, 2.75) is 13.0 Å². The number of hydrogen-bond donors (Lipinski definition) is 0. The molecule has 1 unspecified atom stereocenters. The first-order valence-corrected chi connectivity index (χ1v) is 11.8. The van der Waals surface area contributed by atoms with Crippen LogP contribution in [0.15, 0.2) is 57.7 Å². The van der Waals surface area contributed by atoms with Crippen molar-refractivity contribution in [3.05, 3.63) is 71.6 Å². The Morgan fingerprint density at radius 3 is 2.60 bits per heavy atom. The van der Waals surface area contributed by atoms with Gasteiger partial charge in [-0.1, -0.05) is 15.9 Å². The Balaban J connectivity index is 1.57. The second-order valence-corrected chi connectivity index (χ2v) is 9.76. The molecular weight excluding hydrogens is 596 g/mol. The van der Waals surface area contributed by atoms with E-state index in [9.17, 15) is 18.4 Å². The fourth-order valence-electron chi connectivity index (χ4n) is 4.19. The van der Waals surface area contributed by atoms with E-state index in [1.165, 1.54) is 6.07 Å². The number of nitrogens with zero attached hydrogens (tertiary/aromatic N) is 3. The van der Waals surface area contributed by atoms with Gasteiger partial charge in [0.25, 0.3) is 11.8 Å². The molecule has 8 nitrogen and oxygen atoms in total. The lowest BCUT2D eigenvalue weighted by Gasteiger charge is -2.28. The van der Waals surface area contributed by atoms with E-state index in [1.54, 1.807) is 29.7 Å². The van der Waals surface area contributed by atoms with E-state index in [0.717, 1.165) is 10.5 Å². The van der Waals surface area contributed by atoms with Gasteiger partial charge in [-0.3, -0.25) is 4.79 Å². The number of hydrogen-bond acceptors (Lipinski definition) is 7. The van der Waals surface area contributed by atoms with Crippen LogP contribution in [0.5, 0.6) is 5.75 Å². The summed E-state index contributed by atoms with van der Waals surface area (Å²) in [4.78, 5) is 25.5. The summed E-state index contributed by atoms with van der Waals surface area (Å²) in [6, 6.07) is 6.73. The van der Waals surface area contributed by atoms with E-state index >= 15 is 0 Å². The lowest BCUT2D eigenvalue weighted by Crippen LogP contribution is -2.25. The van der Waals surface area contributed by atoms with Crippen LogP contribution in [-0.2, 0) is 0 Å². The van der Waals surface area contributed by atoms with Crippen molar-refractivity contribution < 1.29 is 22.4 Å². The topological polar surface area (TPSA) is 100 Å². The van der Waals surface area contributed by atoms with Crippen LogP contribution in [0.4, 0.5) is 8.78 Å². The summed E-state index contributed by atoms with van der Waals surface area (Å²) in [7, 11) is 0. The normalized spacial score (nSPS) is 15.1. The maximum Gasteiger partial charge on any atom is 0.349 e. The Labute approximate surface area is 210 Å². The number of rotatable bonds is 2. The lowest BCUT2D eigenvalue weighted by molar-refractivity contribution is 0.234. The zero-order valence-corrected chi connectivity index (χ0v) is 20.7. The molecule has 0 amide bonds. The molecule has 176 valence electrons. The van der Waals surface area contributed by atoms with Crippen molar-refractivity contribution in [2.75, 3.05) is 6.61 Å². The number of fused-ring (bicyclic) bond motifs is 1. The molecule has 5 aromatic rings. The van der Waals surface area contributed by atoms with Gasteiger partial charge in [0.05, 0.1) is 21.4 Å². The molecule has 6 rings (SSSR count). The second kappa shape index (κ2) is 7.82. The molecule has 3 aromatic heterocycles. The average Bonchev–Trinajstić information content (AvgIpc) is 3.29. The smallest absolute Gasteiger partial charge is 0.349 e. The number of pyridine rings is 1. The fourth-order valence-corrected chi connectivity index (χ4v) is 5.53. The molecule has 1 aliphatic rings. The van der Waals surface area contributed by atoms with Gasteiger partial charge in [0.15, 0.2) is 22.6 Å². The monoisotopic (exact) mass is 605 g/mol. The van der Waals surface area contributed by atoms with Crippen LogP contribution in [0.2, 0.25) is 0 Å². The SMILES string of the molecule is CC1COc2c(F)c(F)cc3c(=O)cc(-c4nnc(-c5cc6cc(Br)cc(Br)c6oc5=O)o4)n1c23. The zero-order chi connectivity index (χ0) is 24.6. The third-order valence-corrected chi connectivity index (χ3v) is 6.77. The summed E-state index contributed by atoms with van der Waals surface area (Å²) in [6.45, 7) is 1.81. The van der Waals surface area contributed by atoms with Gasteiger partial charge in [0, 0.05) is 15.9 Å². The van der Waals surface area contributed by atoms with E-state index in [1.807, 2.05) is 0 Å². The van der Waals surface area contributed by atoms with Gasteiger partial charge in [-0.05, 0) is 47.1 Å². The highest BCUT2D eigenvalue weighted by Gasteiger charge is 2.30. The highest BCUT2D eigenvalue weighted by molar-refractivity contribution is 9.11. The standard InChI is InChI=1S/C23H11Br2F2N3O5/c1-8-7-33-20-17(27)14(26)5-11-16(31)6-15(30(8)18(11)20)22-29-28-21(35-22)12-3-9-2-10(24)4-13(25)19(9)34-23(12)32/h2-6,8H,7H2,1H3. The minimum atomic E-state index is -1.19. The van der Waals surface area contributed by atoms with Gasteiger partial charge in [-0.15, -0.1) is 10.2 Å². The number of aromatic nitrogens is 3. The van der Waals surface area contributed by atoms with Crippen molar-refractivity contribution in [1.82, 2.24) is 14.8 Å². The van der Waals surface area contributed by atoms with Gasteiger partial charge in [0.1, 0.15) is 17.9 Å². The highest BCUT2D eigenvalue weighted by Crippen LogP contribution is 2.38. The number of benzene rings is 2. The van der Waals surface area contributed by atoms with Crippen LogP contribution < -0.4 is 15.8 Å². The molecule has 0 saturated heterocycles. The number of ether oxygens (including phenoxy) is 1. The quantitative estimate of drug-likeness (QED) is 0.242. The third kappa shape index (κ3) is 3.34. The molecular formula is C23H11Br2F2N3O5. The predicted molar refractivity (Wildman–Crippen MR) is 128 cm³/mol. The summed E-state index contributed by atoms with van der Waals surface area (Å²) >= 11 is 6.75. The second-order valence-electron chi connectivity index (χ2n) is 7.99. The van der Waals surface area contributed by atoms with E-state index in [2.05, 4.69) is 42.1 Å². The van der Waals surface area contributed by atoms with Crippen molar-refractivity contribution in [1.29, 1.82) is 0 Å². The van der Waals surface area contributed by atoms with Gasteiger partial charge >= 0.3 is 5.63 Å². The summed E-state index contributed by atoms with van der Waals surface area (Å²) in [5.41, 5.74) is -0.640. The molecule has 0 fully saturated rings. The van der Waals surface area contributed by atoms with E-state index in [4.69, 9.17) is 13.6 Å². The minimum Gasteiger partial charge on any atom is -0.486 e. The summed E-state index contributed by atoms with van der Waals surface area (Å²) in [5, 5.41) is 8.56. The molecule has 0 bridgehead atoms. The molecule has 1 aliphatic heterocycles. The predicted octanol–water partition coefficient (Wildman–Crippen LogP) is 5.58. The molecule has 4 heterocycles. The van der Waals surface area contributed by atoms with Crippen molar-refractivity contribution in [3.8, 4) is 28.8 Å². The molecule has 0 aliphatic carbocycles. The molecule has 0 spiro atoms. The Hall–Kier alpha value is -3.38. The zero-order valence-electron chi connectivity index (χ0n) is 17.6. The van der Waals surface area contributed by atoms with Gasteiger partial charge in [-0.2, -0.15) is 4.39 Å². The van der Waals surface area contributed by atoms with Gasteiger partial charge in [-0.25, -0.2) is 9.18 Å². The van der Waals surface area contributed by atoms with E-state index < -0.39 is 22.7 Å². The van der Waals surface area contributed by atoms with Crippen molar-refractivity contribution in [3.63, 3.8) is 0 Å². The Morgan fingerprint density at radius 1 is 1.03 bits per heavy atom. The molecule has 0 saturated carbocycles. The van der Waals surface area contributed by atoms with Crippen LogP contribution in [0, 0.1) is 11.6 Å². The maximum atomic E-state index is 14.5. The Bertz CT molecular complexity index is 1830. The van der Waals surface area contributed by atoms with Crippen LogP contribution >= 0.6 is 31.9 Å². The summed E-state index contributed by atoms with van der Waals surface area (Å²) < 4.78 is 48.1. The largest absolute Gasteiger partial charge is 0.486 e. The van der Waals surface area contributed by atoms with Gasteiger partial charge < -0.3 is 18.1 Å². The van der Waals surface area contributed by atoms with Crippen LogP contribution in [0.3, 0.4) is 0 Å². The average molecular weight is 607 g/mol. The first-order chi connectivity index (χ1) is 16.7. The van der Waals surface area contributed by atoms with Crippen molar-refractivity contribution in [2.24, 2.45) is 0 Å². The van der Waals surface area contributed by atoms with Crippen molar-refractivity contribution >= 4 is 53.7 Å². The van der Waals surface area contributed by atoms with E-state index in [-0.39, 0.29) is 52.3 Å². The summed E-state index contributed by atoms with van der Waals surface area (Å²) in [6.07, 6.45) is 0. The minimum absolute atomic E-state index is 0.0215. The molecule has 12 heteroatoms. The molecule has 0 N–H and O–H groups in total. The molecule has 2 aromatic carbocycles. The Morgan fingerprint density at radius 2 is 1.80 bits per heavy atom. The fraction of sp³-hybridized carbons (Fsp3) is 0.130. The van der Waals surface area contributed by atoms with Crippen LogP contribution in [0.1, 0.15) is 13.0 Å². The van der Waals surface area contributed by atoms with Crippen LogP contribution in [0.25, 0.3) is 44.9 Å². The Kier molecular flexibility index (Phi) is 4.94. The summed E-state index contributed by atoms with van der Waals surface area (Å²) in [5.74, 6) is -2.94. The molecule has 1 atom stereocenters.